The molecule has 37 heavy (non-hydrogen) atoms. The number of esters is 1. The van der Waals surface area contributed by atoms with Crippen molar-refractivity contribution in [2.75, 3.05) is 18.6 Å². The fourth-order valence-electron chi connectivity index (χ4n) is 3.52. The third-order valence-electron chi connectivity index (χ3n) is 5.37. The van der Waals surface area contributed by atoms with Crippen LogP contribution in [0, 0.1) is 0 Å². The second-order valence-corrected chi connectivity index (χ2v) is 9.84. The standard InChI is InChI=1S/C26H18Cl4N2O4S/c1-35-24(33)13-31-22(25(34)32(26(31)37)18-6-4-17(27)5-7-18)12-15-3-9-23(21(30)10-15)36-14-16-2-8-19(28)20(29)11-16/h2-12H,13-14H2,1H3/b22-12-. The van der Waals surface area contributed by atoms with Crippen LogP contribution < -0.4 is 9.64 Å². The average molecular weight is 596 g/mol. The van der Waals surface area contributed by atoms with Crippen molar-refractivity contribution in [3.63, 3.8) is 0 Å². The van der Waals surface area contributed by atoms with Crippen molar-refractivity contribution in [1.82, 2.24) is 4.90 Å². The van der Waals surface area contributed by atoms with Crippen LogP contribution >= 0.6 is 58.6 Å². The maximum Gasteiger partial charge on any atom is 0.325 e. The highest BCUT2D eigenvalue weighted by Crippen LogP contribution is 2.32. The van der Waals surface area contributed by atoms with E-state index in [2.05, 4.69) is 0 Å². The van der Waals surface area contributed by atoms with Crippen molar-refractivity contribution in [2.45, 2.75) is 6.61 Å². The number of rotatable bonds is 7. The number of thiocarbonyl (C=S) groups is 1. The Morgan fingerprint density at radius 2 is 1.68 bits per heavy atom. The molecule has 0 atom stereocenters. The lowest BCUT2D eigenvalue weighted by Crippen LogP contribution is -2.35. The van der Waals surface area contributed by atoms with Gasteiger partial charge in [0.25, 0.3) is 5.91 Å². The van der Waals surface area contributed by atoms with Crippen LogP contribution in [0.25, 0.3) is 6.08 Å². The zero-order valence-electron chi connectivity index (χ0n) is 19.2. The summed E-state index contributed by atoms with van der Waals surface area (Å²) in [6.07, 6.45) is 1.60. The van der Waals surface area contributed by atoms with Crippen molar-refractivity contribution >= 4 is 87.4 Å². The Balaban J connectivity index is 1.60. The van der Waals surface area contributed by atoms with Crippen molar-refractivity contribution in [2.24, 2.45) is 0 Å². The van der Waals surface area contributed by atoms with Gasteiger partial charge < -0.3 is 14.4 Å². The number of nitrogens with zero attached hydrogens (tertiary/aromatic N) is 2. The third-order valence-corrected chi connectivity index (χ3v) is 7.06. The summed E-state index contributed by atoms with van der Waals surface area (Å²) in [5.74, 6) is -0.521. The molecule has 0 aliphatic carbocycles. The summed E-state index contributed by atoms with van der Waals surface area (Å²) in [5.41, 5.74) is 2.13. The number of hydrogen-bond acceptors (Lipinski definition) is 5. The van der Waals surface area contributed by atoms with Crippen LogP contribution in [0.1, 0.15) is 11.1 Å². The Labute approximate surface area is 238 Å². The van der Waals surface area contributed by atoms with Gasteiger partial charge in [0.15, 0.2) is 5.11 Å². The van der Waals surface area contributed by atoms with Crippen molar-refractivity contribution < 1.29 is 19.1 Å². The second-order valence-electron chi connectivity index (χ2n) is 7.82. The molecule has 11 heteroatoms. The SMILES string of the molecule is COC(=O)CN1C(=S)N(c2ccc(Cl)cc2)C(=O)/C1=C/c1ccc(OCc2ccc(Cl)c(Cl)c2)c(Cl)c1. The molecule has 1 aliphatic heterocycles. The molecule has 1 aliphatic rings. The number of ether oxygens (including phenoxy) is 2. The maximum atomic E-state index is 13.4. The Kier molecular flexibility index (Phi) is 8.62. The highest BCUT2D eigenvalue weighted by atomic mass is 35.5. The van der Waals surface area contributed by atoms with Gasteiger partial charge in [-0.25, -0.2) is 0 Å². The van der Waals surface area contributed by atoms with E-state index in [0.29, 0.717) is 37.1 Å². The number of carbonyl (C=O) groups is 2. The molecule has 0 N–H and O–H groups in total. The molecular weight excluding hydrogens is 578 g/mol. The van der Waals surface area contributed by atoms with Crippen molar-refractivity contribution in [3.05, 3.63) is 97.6 Å². The number of hydrogen-bond donors (Lipinski definition) is 0. The predicted molar refractivity (Wildman–Crippen MR) is 150 cm³/mol. The summed E-state index contributed by atoms with van der Waals surface area (Å²) in [6, 6.07) is 16.9. The van der Waals surface area contributed by atoms with E-state index >= 15 is 0 Å². The van der Waals surface area contributed by atoms with E-state index in [9.17, 15) is 9.59 Å². The number of anilines is 1. The van der Waals surface area contributed by atoms with E-state index < -0.39 is 11.9 Å². The molecule has 4 rings (SSSR count). The average Bonchev–Trinajstić information content (AvgIpc) is 3.10. The molecule has 3 aromatic carbocycles. The molecule has 0 spiro atoms. The molecule has 0 radical (unpaired) electrons. The molecule has 1 heterocycles. The van der Waals surface area contributed by atoms with Crippen LogP contribution in [-0.4, -0.2) is 35.5 Å². The fourth-order valence-corrected chi connectivity index (χ4v) is 4.56. The Hall–Kier alpha value is -2.81. The molecule has 3 aromatic rings. The minimum absolute atomic E-state index is 0.136. The topological polar surface area (TPSA) is 59.1 Å². The lowest BCUT2D eigenvalue weighted by atomic mass is 10.1. The molecule has 0 unspecified atom stereocenters. The molecule has 0 saturated carbocycles. The number of halogens is 4. The molecule has 1 fully saturated rings. The molecule has 190 valence electrons. The van der Waals surface area contributed by atoms with Crippen molar-refractivity contribution in [1.29, 1.82) is 0 Å². The summed E-state index contributed by atoms with van der Waals surface area (Å²) in [5, 5.41) is 1.87. The third kappa shape index (κ3) is 6.20. The van der Waals surface area contributed by atoms with Crippen LogP contribution in [0.2, 0.25) is 20.1 Å². The molecular formula is C26H18Cl4N2O4S. The minimum atomic E-state index is -0.553. The lowest BCUT2D eigenvalue weighted by Gasteiger charge is -2.19. The van der Waals surface area contributed by atoms with Gasteiger partial charge in [0, 0.05) is 5.02 Å². The maximum absolute atomic E-state index is 13.4. The number of carbonyl (C=O) groups excluding carboxylic acids is 2. The largest absolute Gasteiger partial charge is 0.487 e. The van der Waals surface area contributed by atoms with Gasteiger partial charge in [0.1, 0.15) is 24.6 Å². The molecule has 1 saturated heterocycles. The first kappa shape index (κ1) is 27.2. The predicted octanol–water partition coefficient (Wildman–Crippen LogP) is 7.03. The van der Waals surface area contributed by atoms with Crippen LogP contribution in [0.5, 0.6) is 5.75 Å². The number of amides is 1. The van der Waals surface area contributed by atoms with Gasteiger partial charge in [0.2, 0.25) is 0 Å². The quantitative estimate of drug-likeness (QED) is 0.166. The highest BCUT2D eigenvalue weighted by molar-refractivity contribution is 7.80. The van der Waals surface area contributed by atoms with Crippen molar-refractivity contribution in [3.8, 4) is 5.75 Å². The monoisotopic (exact) mass is 594 g/mol. The van der Waals surface area contributed by atoms with E-state index in [-0.39, 0.29) is 24.0 Å². The van der Waals surface area contributed by atoms with Crippen LogP contribution in [0.3, 0.4) is 0 Å². The minimum Gasteiger partial charge on any atom is -0.487 e. The van der Waals surface area contributed by atoms with Gasteiger partial charge in [-0.15, -0.1) is 0 Å². The highest BCUT2D eigenvalue weighted by Gasteiger charge is 2.40. The summed E-state index contributed by atoms with van der Waals surface area (Å²) in [6.45, 7) is -0.0116. The molecule has 0 bridgehead atoms. The smallest absolute Gasteiger partial charge is 0.325 e. The first-order valence-electron chi connectivity index (χ1n) is 10.7. The van der Waals surface area contributed by atoms with E-state index in [1.165, 1.54) is 16.9 Å². The van der Waals surface area contributed by atoms with Crippen LogP contribution in [-0.2, 0) is 20.9 Å². The van der Waals surface area contributed by atoms with Crippen LogP contribution in [0.15, 0.2) is 66.4 Å². The summed E-state index contributed by atoms with van der Waals surface area (Å²) in [4.78, 5) is 28.2. The summed E-state index contributed by atoms with van der Waals surface area (Å²) >= 11 is 30.0. The Bertz CT molecular complexity index is 1410. The zero-order chi connectivity index (χ0) is 26.7. The second kappa shape index (κ2) is 11.7. The first-order chi connectivity index (χ1) is 17.7. The number of benzene rings is 3. The molecule has 6 nitrogen and oxygen atoms in total. The van der Waals surface area contributed by atoms with Gasteiger partial charge in [-0.2, -0.15) is 0 Å². The van der Waals surface area contributed by atoms with Gasteiger partial charge in [-0.3, -0.25) is 14.5 Å². The van der Waals surface area contributed by atoms with E-state index in [0.717, 1.165) is 5.56 Å². The summed E-state index contributed by atoms with van der Waals surface area (Å²) < 4.78 is 10.6. The zero-order valence-corrected chi connectivity index (χ0v) is 23.1. The summed E-state index contributed by atoms with van der Waals surface area (Å²) in [7, 11) is 1.26. The van der Waals surface area contributed by atoms with E-state index in [4.69, 9.17) is 68.1 Å². The lowest BCUT2D eigenvalue weighted by molar-refractivity contribution is -0.140. The molecule has 0 aromatic heterocycles. The number of methoxy groups -OCH3 is 1. The molecule has 1 amide bonds. The van der Waals surface area contributed by atoms with Gasteiger partial charge in [0.05, 0.1) is 27.9 Å². The fraction of sp³-hybridized carbons (Fsp3) is 0.115. The van der Waals surface area contributed by atoms with E-state index in [1.54, 1.807) is 66.7 Å². The first-order valence-corrected chi connectivity index (χ1v) is 12.7. The van der Waals surface area contributed by atoms with Gasteiger partial charge in [-0.05, 0) is 78.0 Å². The van der Waals surface area contributed by atoms with Gasteiger partial charge >= 0.3 is 5.97 Å². The van der Waals surface area contributed by atoms with E-state index in [1.807, 2.05) is 0 Å². The Morgan fingerprint density at radius 3 is 2.32 bits per heavy atom. The van der Waals surface area contributed by atoms with Gasteiger partial charge in [-0.1, -0.05) is 58.5 Å². The Morgan fingerprint density at radius 1 is 0.946 bits per heavy atom. The normalized spacial score (nSPS) is 14.5. The van der Waals surface area contributed by atoms with Crippen LogP contribution in [0.4, 0.5) is 5.69 Å².